The van der Waals surface area contributed by atoms with Crippen molar-refractivity contribution in [3.8, 4) is 0 Å². The van der Waals surface area contributed by atoms with Crippen LogP contribution in [0.15, 0.2) is 17.8 Å². The minimum absolute atomic E-state index is 0.250. The van der Waals surface area contributed by atoms with Crippen LogP contribution in [-0.4, -0.2) is 41.6 Å². The summed E-state index contributed by atoms with van der Waals surface area (Å²) < 4.78 is 4.78. The minimum atomic E-state index is -0.369. The molecule has 1 saturated heterocycles. The lowest BCUT2D eigenvalue weighted by Crippen LogP contribution is -2.35. The van der Waals surface area contributed by atoms with Crippen LogP contribution in [-0.2, 0) is 4.74 Å². The Balaban J connectivity index is 2.54. The molecule has 1 rings (SSSR count). The summed E-state index contributed by atoms with van der Waals surface area (Å²) in [6.07, 6.45) is 3.34. The van der Waals surface area contributed by atoms with Crippen LogP contribution in [0.4, 0.5) is 4.79 Å². The number of oxime groups is 1. The van der Waals surface area contributed by atoms with E-state index in [-0.39, 0.29) is 18.7 Å². The van der Waals surface area contributed by atoms with E-state index in [9.17, 15) is 4.79 Å². The quantitative estimate of drug-likeness (QED) is 0.305. The summed E-state index contributed by atoms with van der Waals surface area (Å²) in [5, 5.41) is 11.2. The van der Waals surface area contributed by atoms with Gasteiger partial charge < -0.3 is 9.94 Å². The van der Waals surface area contributed by atoms with Gasteiger partial charge in [-0.05, 0) is 6.42 Å². The predicted octanol–water partition coefficient (Wildman–Crippen LogP) is 0.843. The number of cyclic esters (lactones) is 1. The molecule has 0 saturated carbocycles. The fraction of sp³-hybridized carbons (Fsp3) is 0.500. The molecule has 5 nitrogen and oxygen atoms in total. The van der Waals surface area contributed by atoms with Gasteiger partial charge in [0.1, 0.15) is 12.6 Å². The molecule has 1 atom stereocenters. The smallest absolute Gasteiger partial charge is 0.410 e. The number of hydrogen-bond acceptors (Lipinski definition) is 4. The Morgan fingerprint density at radius 3 is 3.23 bits per heavy atom. The van der Waals surface area contributed by atoms with Crippen molar-refractivity contribution in [2.75, 3.05) is 13.2 Å². The number of ether oxygens (including phenoxy) is 1. The van der Waals surface area contributed by atoms with Gasteiger partial charge in [-0.3, -0.25) is 4.90 Å². The van der Waals surface area contributed by atoms with Gasteiger partial charge in [-0.15, -0.1) is 6.58 Å². The molecule has 1 fully saturated rings. The maximum absolute atomic E-state index is 11.1. The summed E-state index contributed by atoms with van der Waals surface area (Å²) in [7, 11) is 0. The Kier molecular flexibility index (Phi) is 3.31. The summed E-state index contributed by atoms with van der Waals surface area (Å²) in [5.74, 6) is 0. The Hall–Kier alpha value is -1.52. The molecule has 13 heavy (non-hydrogen) atoms. The van der Waals surface area contributed by atoms with Gasteiger partial charge in [-0.25, -0.2) is 4.79 Å². The van der Waals surface area contributed by atoms with E-state index in [1.165, 1.54) is 11.1 Å². The SMILES string of the molecule is C=CCCN1C(=O)OCC1/C=N/O. The molecule has 0 radical (unpaired) electrons. The number of hydrogen-bond donors (Lipinski definition) is 1. The summed E-state index contributed by atoms with van der Waals surface area (Å²) in [6, 6.07) is -0.252. The van der Waals surface area contributed by atoms with E-state index < -0.39 is 0 Å². The third kappa shape index (κ3) is 2.21. The van der Waals surface area contributed by atoms with Crippen molar-refractivity contribution in [3.05, 3.63) is 12.7 Å². The van der Waals surface area contributed by atoms with Crippen LogP contribution in [0.3, 0.4) is 0 Å². The first-order chi connectivity index (χ1) is 6.29. The van der Waals surface area contributed by atoms with Gasteiger partial charge in [0, 0.05) is 6.54 Å². The van der Waals surface area contributed by atoms with Crippen LogP contribution in [0.25, 0.3) is 0 Å². The van der Waals surface area contributed by atoms with Crippen LogP contribution < -0.4 is 0 Å². The molecule has 1 N–H and O–H groups in total. The average molecular weight is 184 g/mol. The van der Waals surface area contributed by atoms with E-state index in [1.807, 2.05) is 0 Å². The van der Waals surface area contributed by atoms with Crippen LogP contribution in [0, 0.1) is 0 Å². The van der Waals surface area contributed by atoms with Crippen LogP contribution in [0.5, 0.6) is 0 Å². The van der Waals surface area contributed by atoms with Gasteiger partial charge >= 0.3 is 6.09 Å². The number of carbonyl (C=O) groups is 1. The van der Waals surface area contributed by atoms with Crippen molar-refractivity contribution < 1.29 is 14.7 Å². The van der Waals surface area contributed by atoms with Gasteiger partial charge in [0.15, 0.2) is 0 Å². The molecule has 1 unspecified atom stereocenters. The second kappa shape index (κ2) is 4.49. The van der Waals surface area contributed by atoms with Gasteiger partial charge in [-0.1, -0.05) is 11.2 Å². The zero-order chi connectivity index (χ0) is 9.68. The molecule has 5 heteroatoms. The average Bonchev–Trinajstić information content (AvgIpc) is 2.45. The fourth-order valence-corrected chi connectivity index (χ4v) is 1.15. The van der Waals surface area contributed by atoms with Crippen LogP contribution >= 0.6 is 0 Å². The van der Waals surface area contributed by atoms with Crippen LogP contribution in [0.2, 0.25) is 0 Å². The van der Waals surface area contributed by atoms with Gasteiger partial charge in [0.05, 0.1) is 6.21 Å². The Morgan fingerprint density at radius 1 is 1.85 bits per heavy atom. The number of amides is 1. The van der Waals surface area contributed by atoms with E-state index in [0.717, 1.165) is 0 Å². The Labute approximate surface area is 76.3 Å². The molecular formula is C8H12N2O3. The van der Waals surface area contributed by atoms with Crippen molar-refractivity contribution in [2.24, 2.45) is 5.16 Å². The summed E-state index contributed by atoms with van der Waals surface area (Å²) >= 11 is 0. The molecule has 0 aliphatic carbocycles. The van der Waals surface area contributed by atoms with Gasteiger partial charge in [0.2, 0.25) is 0 Å². The van der Waals surface area contributed by atoms with Gasteiger partial charge in [-0.2, -0.15) is 0 Å². The third-order valence-corrected chi connectivity index (χ3v) is 1.83. The van der Waals surface area contributed by atoms with Crippen molar-refractivity contribution in [1.29, 1.82) is 0 Å². The molecule has 0 bridgehead atoms. The lowest BCUT2D eigenvalue weighted by Gasteiger charge is -2.16. The van der Waals surface area contributed by atoms with Gasteiger partial charge in [0.25, 0.3) is 0 Å². The van der Waals surface area contributed by atoms with E-state index in [4.69, 9.17) is 9.94 Å². The summed E-state index contributed by atoms with van der Waals surface area (Å²) in [5.41, 5.74) is 0. The third-order valence-electron chi connectivity index (χ3n) is 1.83. The highest BCUT2D eigenvalue weighted by Crippen LogP contribution is 2.11. The molecule has 0 aromatic carbocycles. The van der Waals surface area contributed by atoms with Crippen LogP contribution in [0.1, 0.15) is 6.42 Å². The Bertz CT molecular complexity index is 227. The van der Waals surface area contributed by atoms with E-state index in [0.29, 0.717) is 13.0 Å². The van der Waals surface area contributed by atoms with E-state index in [1.54, 1.807) is 6.08 Å². The number of carbonyl (C=O) groups excluding carboxylic acids is 1. The molecule has 72 valence electrons. The molecular weight excluding hydrogens is 172 g/mol. The molecule has 1 amide bonds. The number of rotatable bonds is 4. The normalized spacial score (nSPS) is 22.3. The highest BCUT2D eigenvalue weighted by atomic mass is 16.6. The first kappa shape index (κ1) is 9.57. The van der Waals surface area contributed by atoms with Crippen molar-refractivity contribution in [1.82, 2.24) is 4.90 Å². The second-order valence-electron chi connectivity index (χ2n) is 2.68. The largest absolute Gasteiger partial charge is 0.447 e. The number of nitrogens with zero attached hydrogens (tertiary/aromatic N) is 2. The lowest BCUT2D eigenvalue weighted by molar-refractivity contribution is 0.158. The van der Waals surface area contributed by atoms with Crippen molar-refractivity contribution >= 4 is 12.3 Å². The molecule has 0 spiro atoms. The first-order valence-corrected chi connectivity index (χ1v) is 4.01. The predicted molar refractivity (Wildman–Crippen MR) is 46.9 cm³/mol. The molecule has 1 aliphatic rings. The minimum Gasteiger partial charge on any atom is -0.447 e. The standard InChI is InChI=1S/C8H12N2O3/c1-2-3-4-10-7(5-9-12)6-13-8(10)11/h2,5,7,12H,1,3-4,6H2/b9-5+. The Morgan fingerprint density at radius 2 is 2.62 bits per heavy atom. The first-order valence-electron chi connectivity index (χ1n) is 4.01. The lowest BCUT2D eigenvalue weighted by atomic mass is 10.3. The topological polar surface area (TPSA) is 62.1 Å². The van der Waals surface area contributed by atoms with Crippen molar-refractivity contribution in [2.45, 2.75) is 12.5 Å². The van der Waals surface area contributed by atoms with E-state index >= 15 is 0 Å². The fourth-order valence-electron chi connectivity index (χ4n) is 1.15. The highest BCUT2D eigenvalue weighted by molar-refractivity contribution is 5.78. The monoisotopic (exact) mass is 184 g/mol. The highest BCUT2D eigenvalue weighted by Gasteiger charge is 2.30. The molecule has 1 heterocycles. The second-order valence-corrected chi connectivity index (χ2v) is 2.68. The van der Waals surface area contributed by atoms with E-state index in [2.05, 4.69) is 11.7 Å². The molecule has 0 aromatic heterocycles. The zero-order valence-electron chi connectivity index (χ0n) is 7.22. The maximum Gasteiger partial charge on any atom is 0.410 e. The van der Waals surface area contributed by atoms with Crippen molar-refractivity contribution in [3.63, 3.8) is 0 Å². The zero-order valence-corrected chi connectivity index (χ0v) is 7.22. The molecule has 0 aromatic rings. The maximum atomic E-state index is 11.1. The summed E-state index contributed by atoms with van der Waals surface area (Å²) in [4.78, 5) is 12.6. The summed E-state index contributed by atoms with van der Waals surface area (Å²) in [6.45, 7) is 4.35. The molecule has 1 aliphatic heterocycles.